The molecule has 0 spiro atoms. The summed E-state index contributed by atoms with van der Waals surface area (Å²) in [5, 5.41) is 7.86. The van der Waals surface area contributed by atoms with Gasteiger partial charge in [0.15, 0.2) is 0 Å². The Hall–Kier alpha value is -2.59. The van der Waals surface area contributed by atoms with E-state index in [4.69, 9.17) is 10.8 Å². The molecule has 0 N–H and O–H groups in total. The van der Waals surface area contributed by atoms with Gasteiger partial charge < -0.3 is 8.98 Å². The second kappa shape index (κ2) is 4.75. The first kappa shape index (κ1) is 13.4. The van der Waals surface area contributed by atoms with Crippen LogP contribution in [0.5, 0.6) is 0 Å². The van der Waals surface area contributed by atoms with E-state index in [9.17, 15) is 8.42 Å². The van der Waals surface area contributed by atoms with Gasteiger partial charge in [-0.05, 0) is 6.07 Å². The van der Waals surface area contributed by atoms with Crippen LogP contribution in [0.1, 0.15) is 0 Å². The zero-order valence-electron chi connectivity index (χ0n) is 11.1. The lowest BCUT2D eigenvalue weighted by Crippen LogP contribution is -2.05. The van der Waals surface area contributed by atoms with Gasteiger partial charge in [0.25, 0.3) is 5.89 Å². The Bertz CT molecular complexity index is 961. The monoisotopic (exact) mass is 301 g/mol. The SMILES string of the molecule is C#CCS(=O)(=O)c1nnc(-c2cn(C)c3ccccc23)o1. The largest absolute Gasteiger partial charge is 0.408 e. The molecule has 1 aromatic carbocycles. The number of sulfone groups is 1. The van der Waals surface area contributed by atoms with Crippen molar-refractivity contribution in [3.05, 3.63) is 30.5 Å². The molecule has 0 aliphatic carbocycles. The van der Waals surface area contributed by atoms with Crippen LogP contribution in [0.15, 0.2) is 40.1 Å². The lowest BCUT2D eigenvalue weighted by Gasteiger charge is -1.93. The molecule has 0 aliphatic heterocycles. The minimum Gasteiger partial charge on any atom is -0.408 e. The van der Waals surface area contributed by atoms with Gasteiger partial charge in [-0.25, -0.2) is 8.42 Å². The number of rotatable bonds is 3. The van der Waals surface area contributed by atoms with Gasteiger partial charge in [0.05, 0.1) is 5.56 Å². The minimum atomic E-state index is -3.73. The first-order valence-corrected chi connectivity index (χ1v) is 7.72. The first-order valence-electron chi connectivity index (χ1n) is 6.07. The van der Waals surface area contributed by atoms with Crippen molar-refractivity contribution in [2.45, 2.75) is 5.22 Å². The van der Waals surface area contributed by atoms with Crippen LogP contribution in [0.25, 0.3) is 22.4 Å². The molecule has 0 amide bonds. The summed E-state index contributed by atoms with van der Waals surface area (Å²) in [6.45, 7) is 0. The smallest absolute Gasteiger partial charge is 0.336 e. The third-order valence-electron chi connectivity index (χ3n) is 3.07. The standard InChI is InChI=1S/C14H11N3O3S/c1-3-8-21(18,19)14-16-15-13(20-14)11-9-17(2)12-7-5-4-6-10(11)12/h1,4-7,9H,8H2,2H3. The Morgan fingerprint density at radius 3 is 2.86 bits per heavy atom. The van der Waals surface area contributed by atoms with E-state index in [1.165, 1.54) is 0 Å². The van der Waals surface area contributed by atoms with Gasteiger partial charge in [0.2, 0.25) is 9.84 Å². The summed E-state index contributed by atoms with van der Waals surface area (Å²) in [4.78, 5) is 0. The highest BCUT2D eigenvalue weighted by atomic mass is 32.2. The van der Waals surface area contributed by atoms with Gasteiger partial charge in [-0.1, -0.05) is 29.2 Å². The predicted molar refractivity (Wildman–Crippen MR) is 77.1 cm³/mol. The van der Waals surface area contributed by atoms with Crippen molar-refractivity contribution in [2.24, 2.45) is 7.05 Å². The minimum absolute atomic E-state index is 0.155. The average Bonchev–Trinajstić information content (AvgIpc) is 3.05. The Kier molecular flexibility index (Phi) is 3.03. The summed E-state index contributed by atoms with van der Waals surface area (Å²) in [7, 11) is -1.84. The number of hydrogen-bond donors (Lipinski definition) is 0. The van der Waals surface area contributed by atoms with E-state index in [2.05, 4.69) is 16.1 Å². The maximum absolute atomic E-state index is 11.8. The first-order chi connectivity index (χ1) is 10.0. The van der Waals surface area contributed by atoms with Crippen molar-refractivity contribution in [1.29, 1.82) is 0 Å². The summed E-state index contributed by atoms with van der Waals surface area (Å²) in [6, 6.07) is 7.66. The van der Waals surface area contributed by atoms with Crippen LogP contribution >= 0.6 is 0 Å². The van der Waals surface area contributed by atoms with Gasteiger partial charge in [-0.3, -0.25) is 0 Å². The van der Waals surface area contributed by atoms with Gasteiger partial charge in [-0.15, -0.1) is 11.5 Å². The summed E-state index contributed by atoms with van der Waals surface area (Å²) < 4.78 is 30.8. The highest BCUT2D eigenvalue weighted by Gasteiger charge is 2.23. The van der Waals surface area contributed by atoms with Crippen molar-refractivity contribution in [3.63, 3.8) is 0 Å². The molecule has 2 aromatic heterocycles. The maximum Gasteiger partial charge on any atom is 0.336 e. The van der Waals surface area contributed by atoms with Crippen molar-refractivity contribution in [3.8, 4) is 23.8 Å². The molecule has 0 unspecified atom stereocenters. The predicted octanol–water partition coefficient (Wildman–Crippen LogP) is 1.64. The molecular formula is C14H11N3O3S. The second-order valence-electron chi connectivity index (χ2n) is 4.51. The molecule has 0 atom stereocenters. The molecule has 6 nitrogen and oxygen atoms in total. The maximum atomic E-state index is 11.8. The van der Waals surface area contributed by atoms with E-state index in [1.807, 2.05) is 42.1 Å². The quantitative estimate of drug-likeness (QED) is 0.687. The molecule has 3 aromatic rings. The van der Waals surface area contributed by atoms with E-state index in [-0.39, 0.29) is 5.89 Å². The number of para-hydroxylation sites is 1. The molecule has 0 fully saturated rings. The third-order valence-corrected chi connectivity index (χ3v) is 4.32. The van der Waals surface area contributed by atoms with Gasteiger partial charge in [0, 0.05) is 24.1 Å². The lowest BCUT2D eigenvalue weighted by atomic mass is 10.2. The number of nitrogens with zero attached hydrogens (tertiary/aromatic N) is 3. The number of aromatic nitrogens is 3. The highest BCUT2D eigenvalue weighted by molar-refractivity contribution is 7.91. The molecule has 2 heterocycles. The molecule has 0 bridgehead atoms. The Morgan fingerprint density at radius 1 is 1.33 bits per heavy atom. The van der Waals surface area contributed by atoms with Gasteiger partial charge >= 0.3 is 5.22 Å². The Balaban J connectivity index is 2.14. The number of hydrogen-bond acceptors (Lipinski definition) is 5. The molecule has 106 valence electrons. The van der Waals surface area contributed by atoms with Crippen LogP contribution in [0.2, 0.25) is 0 Å². The number of fused-ring (bicyclic) bond motifs is 1. The second-order valence-corrected chi connectivity index (χ2v) is 6.37. The van der Waals surface area contributed by atoms with E-state index >= 15 is 0 Å². The number of terminal acetylenes is 1. The summed E-state index contributed by atoms with van der Waals surface area (Å²) in [5.41, 5.74) is 1.67. The fourth-order valence-corrected chi connectivity index (χ4v) is 2.84. The summed E-state index contributed by atoms with van der Waals surface area (Å²) >= 11 is 0. The zero-order chi connectivity index (χ0) is 15.0. The van der Waals surface area contributed by atoms with Gasteiger partial charge in [-0.2, -0.15) is 0 Å². The van der Waals surface area contributed by atoms with E-state index in [0.29, 0.717) is 5.56 Å². The Labute approximate surface area is 121 Å². The van der Waals surface area contributed by atoms with Crippen LogP contribution in [0.4, 0.5) is 0 Å². The van der Waals surface area contributed by atoms with Gasteiger partial charge in [0.1, 0.15) is 5.75 Å². The lowest BCUT2D eigenvalue weighted by molar-refractivity contribution is 0.441. The molecule has 0 saturated heterocycles. The van der Waals surface area contributed by atoms with Crippen LogP contribution in [-0.2, 0) is 16.9 Å². The Morgan fingerprint density at radius 2 is 2.10 bits per heavy atom. The van der Waals surface area contributed by atoms with E-state index < -0.39 is 20.8 Å². The van der Waals surface area contributed by atoms with Crippen molar-refractivity contribution in [2.75, 3.05) is 5.75 Å². The molecule has 0 saturated carbocycles. The van der Waals surface area contributed by atoms with Crippen LogP contribution in [0, 0.1) is 12.3 Å². The fourth-order valence-electron chi connectivity index (χ4n) is 2.13. The molecule has 7 heteroatoms. The van der Waals surface area contributed by atoms with Crippen molar-refractivity contribution < 1.29 is 12.8 Å². The normalized spacial score (nSPS) is 11.6. The highest BCUT2D eigenvalue weighted by Crippen LogP contribution is 2.29. The van der Waals surface area contributed by atoms with Crippen LogP contribution < -0.4 is 0 Å². The van der Waals surface area contributed by atoms with Crippen LogP contribution in [-0.4, -0.2) is 28.9 Å². The van der Waals surface area contributed by atoms with Crippen LogP contribution in [0.3, 0.4) is 0 Å². The summed E-state index contributed by atoms with van der Waals surface area (Å²) in [5.74, 6) is 1.76. The molecule has 0 aliphatic rings. The molecular weight excluding hydrogens is 290 g/mol. The van der Waals surface area contributed by atoms with E-state index in [1.54, 1.807) is 0 Å². The average molecular weight is 301 g/mol. The topological polar surface area (TPSA) is 78.0 Å². The molecule has 0 radical (unpaired) electrons. The summed E-state index contributed by atoms with van der Waals surface area (Å²) in [6.07, 6.45) is 6.84. The zero-order valence-corrected chi connectivity index (χ0v) is 12.0. The van der Waals surface area contributed by atoms with Crippen molar-refractivity contribution in [1.82, 2.24) is 14.8 Å². The number of benzene rings is 1. The fraction of sp³-hybridized carbons (Fsp3) is 0.143. The molecule has 21 heavy (non-hydrogen) atoms. The van der Waals surface area contributed by atoms with E-state index in [0.717, 1.165) is 10.9 Å². The molecule has 3 rings (SSSR count). The van der Waals surface area contributed by atoms with Crippen molar-refractivity contribution >= 4 is 20.7 Å². The third kappa shape index (κ3) is 2.19. The number of aryl methyl sites for hydroxylation is 1.